The smallest absolute Gasteiger partial charge is 0.250 e. The maximum absolute atomic E-state index is 12.5. The molecule has 0 unspecified atom stereocenters. The van der Waals surface area contributed by atoms with E-state index in [0.29, 0.717) is 22.3 Å². The van der Waals surface area contributed by atoms with Gasteiger partial charge < -0.3 is 14.6 Å². The maximum atomic E-state index is 12.5. The van der Waals surface area contributed by atoms with Crippen molar-refractivity contribution in [3.05, 3.63) is 77.9 Å². The summed E-state index contributed by atoms with van der Waals surface area (Å²) in [6, 6.07) is 20.6. The zero-order valence-electron chi connectivity index (χ0n) is 20.0. The van der Waals surface area contributed by atoms with Crippen LogP contribution in [0.4, 0.5) is 0 Å². The number of phenolic OH excluding ortho intramolecular Hbond substituents is 1. The number of amides is 1. The number of aromatic nitrogens is 3. The first-order valence-corrected chi connectivity index (χ1v) is 12.0. The minimum Gasteiger partial charge on any atom is -0.504 e. The van der Waals surface area contributed by atoms with Crippen molar-refractivity contribution in [1.82, 2.24) is 20.2 Å². The number of nitrogens with one attached hydrogen (secondary N) is 1. The Hall–Kier alpha value is -4.31. The van der Waals surface area contributed by atoms with Crippen LogP contribution in [0.2, 0.25) is 0 Å². The fraction of sp³-hybridized carbons (Fsp3) is 0.154. The lowest BCUT2D eigenvalue weighted by molar-refractivity contribution is -0.118. The van der Waals surface area contributed by atoms with Crippen LogP contribution in [-0.4, -0.2) is 52.0 Å². The number of nitrogens with zero attached hydrogens (tertiary/aromatic N) is 4. The number of rotatable bonds is 9. The summed E-state index contributed by atoms with van der Waals surface area (Å²) in [5.74, 6) is 1.40. The quantitative estimate of drug-likeness (QED) is 0.200. The monoisotopic (exact) mass is 503 g/mol. The summed E-state index contributed by atoms with van der Waals surface area (Å²) in [5, 5.41) is 23.4. The number of aryl methyl sites for hydroxylation is 1. The van der Waals surface area contributed by atoms with Crippen LogP contribution in [0.15, 0.2) is 77.0 Å². The number of carbonyl (C=O) groups excluding carboxylic acids is 1. The number of methoxy groups -OCH3 is 2. The van der Waals surface area contributed by atoms with Gasteiger partial charge in [-0.3, -0.25) is 9.36 Å². The molecule has 0 atom stereocenters. The third-order valence-corrected chi connectivity index (χ3v) is 6.18. The minimum atomic E-state index is -0.330. The molecule has 2 N–H and O–H groups in total. The van der Waals surface area contributed by atoms with Crippen LogP contribution in [0.1, 0.15) is 11.1 Å². The Morgan fingerprint density at radius 2 is 1.81 bits per heavy atom. The van der Waals surface area contributed by atoms with E-state index in [0.717, 1.165) is 22.6 Å². The van der Waals surface area contributed by atoms with E-state index in [1.54, 1.807) is 25.3 Å². The fourth-order valence-corrected chi connectivity index (χ4v) is 4.11. The standard InChI is InChI=1S/C26H25N5O4S/c1-17-7-11-20(12-8-17)31-25(18-9-13-21(34-2)14-10-18)29-30-26(31)36-16-23(32)28-27-15-19-5-4-6-22(35-3)24(19)33/h4-15,33H,16H2,1-3H3,(H,28,32)/b27-15+. The van der Waals surface area contributed by atoms with Gasteiger partial charge in [-0.25, -0.2) is 5.43 Å². The Morgan fingerprint density at radius 3 is 2.50 bits per heavy atom. The Morgan fingerprint density at radius 1 is 1.06 bits per heavy atom. The van der Waals surface area contributed by atoms with Gasteiger partial charge in [0.05, 0.1) is 26.2 Å². The van der Waals surface area contributed by atoms with Crippen LogP contribution in [0.5, 0.6) is 17.2 Å². The van der Waals surface area contributed by atoms with E-state index in [9.17, 15) is 9.90 Å². The molecule has 0 aliphatic carbocycles. The Labute approximate surface area is 212 Å². The van der Waals surface area contributed by atoms with Crippen molar-refractivity contribution in [3.8, 4) is 34.3 Å². The van der Waals surface area contributed by atoms with Gasteiger partial charge in [0.25, 0.3) is 5.91 Å². The number of ether oxygens (including phenoxy) is 2. The third-order valence-electron chi connectivity index (χ3n) is 5.25. The molecule has 10 heteroatoms. The van der Waals surface area contributed by atoms with Crippen LogP contribution < -0.4 is 14.9 Å². The molecule has 0 aliphatic heterocycles. The average molecular weight is 504 g/mol. The van der Waals surface area contributed by atoms with Crippen molar-refractivity contribution in [2.75, 3.05) is 20.0 Å². The van der Waals surface area contributed by atoms with E-state index in [4.69, 9.17) is 9.47 Å². The first-order valence-electron chi connectivity index (χ1n) is 11.0. The topological polar surface area (TPSA) is 111 Å². The lowest BCUT2D eigenvalue weighted by Gasteiger charge is -2.11. The summed E-state index contributed by atoms with van der Waals surface area (Å²) in [6.07, 6.45) is 1.36. The van der Waals surface area contributed by atoms with Gasteiger partial charge in [0, 0.05) is 16.8 Å². The number of aromatic hydroxyl groups is 1. The molecule has 0 saturated heterocycles. The van der Waals surface area contributed by atoms with Gasteiger partial charge in [-0.2, -0.15) is 5.10 Å². The first kappa shape index (κ1) is 24.8. The second-order valence-corrected chi connectivity index (χ2v) is 8.63. The summed E-state index contributed by atoms with van der Waals surface area (Å²) < 4.78 is 12.2. The maximum Gasteiger partial charge on any atom is 0.250 e. The van der Waals surface area contributed by atoms with E-state index < -0.39 is 0 Å². The number of benzene rings is 3. The summed E-state index contributed by atoms with van der Waals surface area (Å²) in [4.78, 5) is 12.5. The van der Waals surface area contributed by atoms with Gasteiger partial charge in [-0.15, -0.1) is 10.2 Å². The highest BCUT2D eigenvalue weighted by molar-refractivity contribution is 7.99. The normalized spacial score (nSPS) is 11.0. The van der Waals surface area contributed by atoms with Crippen molar-refractivity contribution in [2.45, 2.75) is 12.1 Å². The number of carbonyl (C=O) groups is 1. The molecule has 0 aliphatic rings. The summed E-state index contributed by atoms with van der Waals surface area (Å²) >= 11 is 1.24. The minimum absolute atomic E-state index is 0.0513. The molecule has 9 nitrogen and oxygen atoms in total. The number of hydrazone groups is 1. The largest absolute Gasteiger partial charge is 0.504 e. The highest BCUT2D eigenvalue weighted by atomic mass is 32.2. The number of hydrogen-bond donors (Lipinski definition) is 2. The second kappa shape index (κ2) is 11.4. The van der Waals surface area contributed by atoms with E-state index >= 15 is 0 Å². The molecule has 0 bridgehead atoms. The van der Waals surface area contributed by atoms with Crippen LogP contribution >= 0.6 is 11.8 Å². The molecule has 1 amide bonds. The molecule has 4 rings (SSSR count). The Balaban J connectivity index is 1.51. The van der Waals surface area contributed by atoms with Crippen LogP contribution in [0.25, 0.3) is 17.1 Å². The van der Waals surface area contributed by atoms with E-state index in [-0.39, 0.29) is 17.4 Å². The number of thioether (sulfide) groups is 1. The van der Waals surface area contributed by atoms with Crippen molar-refractivity contribution in [3.63, 3.8) is 0 Å². The van der Waals surface area contributed by atoms with E-state index in [2.05, 4.69) is 20.7 Å². The van der Waals surface area contributed by atoms with Gasteiger partial charge >= 0.3 is 0 Å². The first-order chi connectivity index (χ1) is 17.5. The lowest BCUT2D eigenvalue weighted by Crippen LogP contribution is -2.20. The van der Waals surface area contributed by atoms with Crippen LogP contribution in [0.3, 0.4) is 0 Å². The second-order valence-electron chi connectivity index (χ2n) is 7.69. The molecule has 1 heterocycles. The summed E-state index contributed by atoms with van der Waals surface area (Å²) in [7, 11) is 3.08. The van der Waals surface area contributed by atoms with Gasteiger partial charge in [0.1, 0.15) is 5.75 Å². The van der Waals surface area contributed by atoms with E-state index in [1.165, 1.54) is 25.1 Å². The average Bonchev–Trinajstić information content (AvgIpc) is 3.33. The van der Waals surface area contributed by atoms with Gasteiger partial charge in [-0.05, 0) is 55.5 Å². The molecule has 36 heavy (non-hydrogen) atoms. The zero-order chi connectivity index (χ0) is 25.5. The van der Waals surface area contributed by atoms with Gasteiger partial charge in [0.15, 0.2) is 22.5 Å². The predicted octanol–water partition coefficient (Wildman–Crippen LogP) is 4.21. The summed E-state index contributed by atoms with van der Waals surface area (Å²) in [6.45, 7) is 2.02. The van der Waals surface area contributed by atoms with Crippen LogP contribution in [0, 0.1) is 6.92 Å². The van der Waals surface area contributed by atoms with Crippen molar-refractivity contribution in [1.29, 1.82) is 0 Å². The molecule has 0 fully saturated rings. The van der Waals surface area contributed by atoms with Gasteiger partial charge in [0.2, 0.25) is 0 Å². The van der Waals surface area contributed by atoms with Crippen LogP contribution in [-0.2, 0) is 4.79 Å². The predicted molar refractivity (Wildman–Crippen MR) is 139 cm³/mol. The molecule has 0 spiro atoms. The number of hydrogen-bond acceptors (Lipinski definition) is 8. The number of para-hydroxylation sites is 1. The molecule has 4 aromatic rings. The van der Waals surface area contributed by atoms with Gasteiger partial charge in [-0.1, -0.05) is 35.5 Å². The van der Waals surface area contributed by atoms with E-state index in [1.807, 2.05) is 60.0 Å². The zero-order valence-corrected chi connectivity index (χ0v) is 20.8. The molecular formula is C26H25N5O4S. The SMILES string of the molecule is COc1ccc(-c2nnc(SCC(=O)N/N=C/c3cccc(OC)c3O)n2-c2ccc(C)cc2)cc1. The fourth-order valence-electron chi connectivity index (χ4n) is 3.36. The molecule has 3 aromatic carbocycles. The molecule has 0 radical (unpaired) electrons. The van der Waals surface area contributed by atoms with Crippen molar-refractivity contribution < 1.29 is 19.4 Å². The highest BCUT2D eigenvalue weighted by Gasteiger charge is 2.17. The lowest BCUT2D eigenvalue weighted by atomic mass is 10.2. The highest BCUT2D eigenvalue weighted by Crippen LogP contribution is 2.30. The van der Waals surface area contributed by atoms with Crippen molar-refractivity contribution in [2.24, 2.45) is 5.10 Å². The molecule has 1 aromatic heterocycles. The molecular weight excluding hydrogens is 478 g/mol. The Bertz CT molecular complexity index is 1370. The molecule has 184 valence electrons. The third kappa shape index (κ3) is 5.66. The Kier molecular flexibility index (Phi) is 7.86. The van der Waals surface area contributed by atoms with Crippen molar-refractivity contribution >= 4 is 23.9 Å². The summed E-state index contributed by atoms with van der Waals surface area (Å²) in [5.41, 5.74) is 5.77. The number of phenols is 1. The molecule has 0 saturated carbocycles.